The Morgan fingerprint density at radius 1 is 0.816 bits per heavy atom. The molecule has 0 unspecified atom stereocenters. The predicted molar refractivity (Wildman–Crippen MR) is 155 cm³/mol. The van der Waals surface area contributed by atoms with Gasteiger partial charge < -0.3 is 20.1 Å². The second kappa shape index (κ2) is 12.5. The summed E-state index contributed by atoms with van der Waals surface area (Å²) in [5, 5.41) is 6.85. The Bertz CT molecular complexity index is 1350. The van der Waals surface area contributed by atoms with Crippen LogP contribution in [0.5, 0.6) is 11.5 Å². The van der Waals surface area contributed by atoms with Gasteiger partial charge in [0.25, 0.3) is 0 Å². The number of benzene rings is 4. The molecule has 0 atom stereocenters. The summed E-state index contributed by atoms with van der Waals surface area (Å²) in [6.45, 7) is 6.63. The molecule has 0 aromatic heterocycles. The fourth-order valence-corrected chi connectivity index (χ4v) is 4.05. The van der Waals surface area contributed by atoms with E-state index in [-0.39, 0.29) is 0 Å². The first kappa shape index (κ1) is 27.1. The van der Waals surface area contributed by atoms with E-state index >= 15 is 0 Å². The van der Waals surface area contributed by atoms with Crippen LogP contribution < -0.4 is 15.4 Å². The predicted octanol–water partition coefficient (Wildman–Crippen LogP) is 8.48. The number of carbonyl (C=O) groups is 1. The Morgan fingerprint density at radius 2 is 1.55 bits per heavy atom. The number of carbonyl (C=O) groups excluding carboxylic acids is 1. The molecule has 0 spiro atoms. The summed E-state index contributed by atoms with van der Waals surface area (Å²) in [5.74, 6) is 1.33. The molecule has 0 saturated heterocycles. The Kier molecular flexibility index (Phi) is 8.93. The highest BCUT2D eigenvalue weighted by Crippen LogP contribution is 2.33. The summed E-state index contributed by atoms with van der Waals surface area (Å²) in [6.07, 6.45) is 0.227. The molecule has 4 aromatic rings. The molecule has 0 aliphatic heterocycles. The minimum absolute atomic E-state index is 0.422. The fraction of sp³-hybridized carbons (Fsp3) is 0.219. The lowest BCUT2D eigenvalue weighted by molar-refractivity contribution is 0.0528. The van der Waals surface area contributed by atoms with E-state index in [2.05, 4.69) is 47.0 Å². The summed E-state index contributed by atoms with van der Waals surface area (Å²) in [5.41, 5.74) is 4.90. The number of amides is 1. The lowest BCUT2D eigenvalue weighted by atomic mass is 10.0. The first-order chi connectivity index (χ1) is 18.2. The van der Waals surface area contributed by atoms with Crippen LogP contribution in [0, 0.1) is 0 Å². The van der Waals surface area contributed by atoms with Crippen molar-refractivity contribution in [2.75, 3.05) is 11.9 Å². The first-order valence-electron chi connectivity index (χ1n) is 12.7. The Morgan fingerprint density at radius 3 is 2.29 bits per heavy atom. The van der Waals surface area contributed by atoms with Crippen molar-refractivity contribution in [3.63, 3.8) is 0 Å². The molecule has 4 rings (SSSR count). The maximum atomic E-state index is 11.9. The van der Waals surface area contributed by atoms with Crippen LogP contribution in [0.3, 0.4) is 0 Å². The van der Waals surface area contributed by atoms with E-state index in [0.717, 1.165) is 16.8 Å². The van der Waals surface area contributed by atoms with Gasteiger partial charge in [0.2, 0.25) is 0 Å². The van der Waals surface area contributed by atoms with E-state index in [0.29, 0.717) is 36.0 Å². The van der Waals surface area contributed by atoms with Crippen LogP contribution in [0.2, 0.25) is 5.02 Å². The molecule has 0 bridgehead atoms. The number of hydrogen-bond acceptors (Lipinski definition) is 4. The third kappa shape index (κ3) is 8.29. The Balaban J connectivity index is 1.37. The molecule has 5 nitrogen and oxygen atoms in total. The van der Waals surface area contributed by atoms with Gasteiger partial charge in [-0.05, 0) is 73.7 Å². The SMILES string of the molecule is CC(C)(C)OC(=O)NCCc1cccc(Oc2cc(Cl)ccc2NCc2ccc(-c3ccccc3)cc2)c1. The smallest absolute Gasteiger partial charge is 0.407 e. The molecule has 38 heavy (non-hydrogen) atoms. The molecule has 1 amide bonds. The van der Waals surface area contributed by atoms with Crippen LogP contribution in [-0.4, -0.2) is 18.2 Å². The van der Waals surface area contributed by atoms with Crippen LogP contribution in [0.25, 0.3) is 11.1 Å². The van der Waals surface area contributed by atoms with E-state index in [9.17, 15) is 4.79 Å². The quantitative estimate of drug-likeness (QED) is 0.229. The number of anilines is 1. The molecule has 0 aliphatic rings. The second-order valence-electron chi connectivity index (χ2n) is 9.99. The van der Waals surface area contributed by atoms with Gasteiger partial charge in [0, 0.05) is 24.2 Å². The van der Waals surface area contributed by atoms with Gasteiger partial charge in [-0.1, -0.05) is 78.3 Å². The van der Waals surface area contributed by atoms with Gasteiger partial charge >= 0.3 is 6.09 Å². The number of nitrogens with one attached hydrogen (secondary N) is 2. The second-order valence-corrected chi connectivity index (χ2v) is 10.4. The van der Waals surface area contributed by atoms with Crippen molar-refractivity contribution < 1.29 is 14.3 Å². The molecule has 6 heteroatoms. The van der Waals surface area contributed by atoms with Gasteiger partial charge in [0.05, 0.1) is 5.69 Å². The third-order valence-electron chi connectivity index (χ3n) is 5.70. The highest BCUT2D eigenvalue weighted by atomic mass is 35.5. The first-order valence-corrected chi connectivity index (χ1v) is 13.0. The minimum atomic E-state index is -0.522. The maximum Gasteiger partial charge on any atom is 0.407 e. The summed E-state index contributed by atoms with van der Waals surface area (Å²) in [4.78, 5) is 11.9. The van der Waals surface area contributed by atoms with Crippen LogP contribution >= 0.6 is 11.6 Å². The van der Waals surface area contributed by atoms with Gasteiger partial charge in [-0.15, -0.1) is 0 Å². The van der Waals surface area contributed by atoms with Gasteiger partial charge in [0.15, 0.2) is 5.75 Å². The Labute approximate surface area is 229 Å². The van der Waals surface area contributed by atoms with Crippen molar-refractivity contribution in [3.05, 3.63) is 113 Å². The molecule has 0 saturated carbocycles. The van der Waals surface area contributed by atoms with Crippen molar-refractivity contribution in [3.8, 4) is 22.6 Å². The number of halogens is 1. The zero-order chi connectivity index (χ0) is 27.0. The minimum Gasteiger partial charge on any atom is -0.455 e. The average molecular weight is 529 g/mol. The number of ether oxygens (including phenoxy) is 2. The topological polar surface area (TPSA) is 59.6 Å². The van der Waals surface area contributed by atoms with Gasteiger partial charge in [-0.3, -0.25) is 0 Å². The van der Waals surface area contributed by atoms with E-state index in [4.69, 9.17) is 21.1 Å². The molecule has 0 radical (unpaired) electrons. The summed E-state index contributed by atoms with van der Waals surface area (Å²) in [6, 6.07) is 32.2. The van der Waals surface area contributed by atoms with Crippen LogP contribution in [0.15, 0.2) is 97.1 Å². The highest BCUT2D eigenvalue weighted by molar-refractivity contribution is 6.30. The van der Waals surface area contributed by atoms with Crippen LogP contribution in [0.4, 0.5) is 10.5 Å². The van der Waals surface area contributed by atoms with Crippen LogP contribution in [-0.2, 0) is 17.7 Å². The molecule has 2 N–H and O–H groups in total. The lowest BCUT2D eigenvalue weighted by Crippen LogP contribution is -2.33. The molecule has 0 fully saturated rings. The average Bonchev–Trinajstić information content (AvgIpc) is 2.88. The standard InChI is InChI=1S/C32H33ClN2O3/c1-32(2,3)38-31(36)34-19-18-23-8-7-11-28(20-23)37-30-21-27(33)16-17-29(30)35-22-24-12-14-26(15-13-24)25-9-5-4-6-10-25/h4-17,20-21,35H,18-19,22H2,1-3H3,(H,34,36). The molecule has 0 aliphatic carbocycles. The van der Waals surface area contributed by atoms with E-state index < -0.39 is 11.7 Å². The van der Waals surface area contributed by atoms with Gasteiger partial charge in [0.1, 0.15) is 11.4 Å². The van der Waals surface area contributed by atoms with Crippen molar-refractivity contribution in [2.45, 2.75) is 39.3 Å². The van der Waals surface area contributed by atoms with Gasteiger partial charge in [-0.2, -0.15) is 0 Å². The van der Waals surface area contributed by atoms with Gasteiger partial charge in [-0.25, -0.2) is 4.79 Å². The highest BCUT2D eigenvalue weighted by Gasteiger charge is 2.15. The van der Waals surface area contributed by atoms with Crippen molar-refractivity contribution in [1.29, 1.82) is 0 Å². The van der Waals surface area contributed by atoms with E-state index in [1.807, 2.05) is 75.4 Å². The molecular formula is C32H33ClN2O3. The largest absolute Gasteiger partial charge is 0.455 e. The molecule has 0 heterocycles. The molecule has 196 valence electrons. The summed E-state index contributed by atoms with van der Waals surface area (Å²) < 4.78 is 11.5. The fourth-order valence-electron chi connectivity index (χ4n) is 3.88. The zero-order valence-electron chi connectivity index (χ0n) is 22.0. The number of alkyl carbamates (subject to hydrolysis) is 1. The molecule has 4 aromatic carbocycles. The normalized spacial score (nSPS) is 11.1. The molecular weight excluding hydrogens is 496 g/mol. The van der Waals surface area contributed by atoms with Crippen molar-refractivity contribution in [2.24, 2.45) is 0 Å². The zero-order valence-corrected chi connectivity index (χ0v) is 22.7. The summed E-state index contributed by atoms with van der Waals surface area (Å²) >= 11 is 6.29. The van der Waals surface area contributed by atoms with E-state index in [1.165, 1.54) is 11.1 Å². The Hall–Kier alpha value is -3.96. The lowest BCUT2D eigenvalue weighted by Gasteiger charge is -2.19. The monoisotopic (exact) mass is 528 g/mol. The maximum absolute atomic E-state index is 11.9. The third-order valence-corrected chi connectivity index (χ3v) is 5.93. The van der Waals surface area contributed by atoms with E-state index in [1.54, 1.807) is 6.07 Å². The van der Waals surface area contributed by atoms with Crippen molar-refractivity contribution in [1.82, 2.24) is 5.32 Å². The van der Waals surface area contributed by atoms with Crippen molar-refractivity contribution >= 4 is 23.4 Å². The number of hydrogen-bond donors (Lipinski definition) is 2. The summed E-state index contributed by atoms with van der Waals surface area (Å²) in [7, 11) is 0. The number of rotatable bonds is 9. The van der Waals surface area contributed by atoms with Crippen LogP contribution in [0.1, 0.15) is 31.9 Å².